The normalized spacial score (nSPS) is 11.0. The first-order valence-corrected chi connectivity index (χ1v) is 9.18. The molecule has 7 heteroatoms. The van der Waals surface area contributed by atoms with E-state index in [0.29, 0.717) is 10.7 Å². The van der Waals surface area contributed by atoms with Crippen molar-refractivity contribution in [1.82, 2.24) is 9.55 Å². The summed E-state index contributed by atoms with van der Waals surface area (Å²) in [7, 11) is 3.06. The lowest BCUT2D eigenvalue weighted by Crippen LogP contribution is -2.29. The third-order valence-electron chi connectivity index (χ3n) is 4.44. The molecule has 4 rings (SSSR count). The maximum Gasteiger partial charge on any atom is 0.340 e. The van der Waals surface area contributed by atoms with Crippen molar-refractivity contribution < 1.29 is 14.3 Å². The van der Waals surface area contributed by atoms with Gasteiger partial charge in [0.1, 0.15) is 6.54 Å². The number of ether oxygens (including phenoxy) is 1. The van der Waals surface area contributed by atoms with Crippen LogP contribution in [0.1, 0.15) is 10.4 Å². The van der Waals surface area contributed by atoms with Crippen LogP contribution in [0, 0.1) is 0 Å². The number of carbonyl (C=O) groups excluding carboxylic acids is 2. The van der Waals surface area contributed by atoms with Crippen molar-refractivity contribution in [3.63, 3.8) is 0 Å². The van der Waals surface area contributed by atoms with Crippen molar-refractivity contribution in [3.05, 3.63) is 60.3 Å². The van der Waals surface area contributed by atoms with Gasteiger partial charge in [-0.1, -0.05) is 41.7 Å². The first-order valence-electron chi connectivity index (χ1n) is 8.37. The molecule has 0 aliphatic heterocycles. The van der Waals surface area contributed by atoms with Gasteiger partial charge in [0.15, 0.2) is 5.13 Å². The van der Waals surface area contributed by atoms with Crippen LogP contribution in [0.25, 0.3) is 21.1 Å². The summed E-state index contributed by atoms with van der Waals surface area (Å²) in [6, 6.07) is 15.2. The lowest BCUT2D eigenvalue weighted by Gasteiger charge is -2.14. The lowest BCUT2D eigenvalue weighted by atomic mass is 10.2. The number of hydrogen-bond acceptors (Lipinski definition) is 5. The maximum atomic E-state index is 12.8. The average molecular weight is 379 g/mol. The highest BCUT2D eigenvalue weighted by Gasteiger charge is 2.20. The van der Waals surface area contributed by atoms with E-state index in [0.717, 1.165) is 21.1 Å². The van der Waals surface area contributed by atoms with Gasteiger partial charge in [0.05, 0.1) is 22.9 Å². The molecule has 136 valence electrons. The van der Waals surface area contributed by atoms with E-state index in [2.05, 4.69) is 4.98 Å². The zero-order valence-electron chi connectivity index (χ0n) is 14.9. The smallest absolute Gasteiger partial charge is 0.340 e. The van der Waals surface area contributed by atoms with Crippen molar-refractivity contribution in [2.45, 2.75) is 6.54 Å². The number of aromatic nitrogens is 2. The number of hydrogen-bond donors (Lipinski definition) is 0. The molecular weight excluding hydrogens is 362 g/mol. The van der Waals surface area contributed by atoms with Gasteiger partial charge >= 0.3 is 5.97 Å². The summed E-state index contributed by atoms with van der Waals surface area (Å²) in [4.78, 5) is 31.0. The van der Waals surface area contributed by atoms with Crippen LogP contribution >= 0.6 is 11.3 Å². The Labute approximate surface area is 159 Å². The minimum Gasteiger partial charge on any atom is -0.465 e. The van der Waals surface area contributed by atoms with Gasteiger partial charge in [-0.25, -0.2) is 9.78 Å². The Kier molecular flexibility index (Phi) is 4.37. The predicted octanol–water partition coefficient (Wildman–Crippen LogP) is 3.70. The molecule has 0 spiro atoms. The molecule has 2 aromatic heterocycles. The fourth-order valence-corrected chi connectivity index (χ4v) is 3.96. The minimum absolute atomic E-state index is 0.101. The summed E-state index contributed by atoms with van der Waals surface area (Å²) in [5, 5.41) is 1.41. The largest absolute Gasteiger partial charge is 0.465 e. The number of esters is 1. The first kappa shape index (κ1) is 17.2. The highest BCUT2D eigenvalue weighted by molar-refractivity contribution is 7.22. The molecule has 0 saturated heterocycles. The van der Waals surface area contributed by atoms with Crippen LogP contribution in [0.3, 0.4) is 0 Å². The van der Waals surface area contributed by atoms with E-state index in [-0.39, 0.29) is 12.5 Å². The van der Waals surface area contributed by atoms with Gasteiger partial charge in [-0.3, -0.25) is 9.69 Å². The van der Waals surface area contributed by atoms with Crippen LogP contribution < -0.4 is 4.90 Å². The molecule has 1 amide bonds. The third-order valence-corrected chi connectivity index (χ3v) is 5.56. The van der Waals surface area contributed by atoms with Crippen LogP contribution in [0.15, 0.2) is 54.7 Å². The second-order valence-electron chi connectivity index (χ2n) is 6.10. The number of rotatable bonds is 4. The first-order chi connectivity index (χ1) is 13.1. The fraction of sp³-hybridized carbons (Fsp3) is 0.150. The third kappa shape index (κ3) is 3.06. The lowest BCUT2D eigenvalue weighted by molar-refractivity contribution is -0.118. The molecule has 0 aliphatic carbocycles. The zero-order valence-corrected chi connectivity index (χ0v) is 15.7. The van der Waals surface area contributed by atoms with Gasteiger partial charge in [-0.05, 0) is 18.2 Å². The molecule has 27 heavy (non-hydrogen) atoms. The van der Waals surface area contributed by atoms with E-state index in [1.807, 2.05) is 48.5 Å². The number of likely N-dealkylation sites (N-methyl/N-ethyl adjacent to an activating group) is 1. The number of anilines is 1. The number of nitrogens with zero attached hydrogens (tertiary/aromatic N) is 3. The number of amides is 1. The van der Waals surface area contributed by atoms with Crippen LogP contribution in [0.2, 0.25) is 0 Å². The van der Waals surface area contributed by atoms with Crippen molar-refractivity contribution in [2.24, 2.45) is 0 Å². The van der Waals surface area contributed by atoms with Gasteiger partial charge in [-0.2, -0.15) is 0 Å². The van der Waals surface area contributed by atoms with Crippen molar-refractivity contribution in [3.8, 4) is 0 Å². The Hall–Kier alpha value is -3.19. The summed E-state index contributed by atoms with van der Waals surface area (Å²) in [5.74, 6) is -0.539. The number of fused-ring (bicyclic) bond motifs is 2. The number of methoxy groups -OCH3 is 1. The van der Waals surface area contributed by atoms with Crippen molar-refractivity contribution >= 4 is 49.5 Å². The van der Waals surface area contributed by atoms with E-state index in [1.54, 1.807) is 22.7 Å². The topological polar surface area (TPSA) is 64.4 Å². The minimum atomic E-state index is -0.420. The molecule has 0 saturated carbocycles. The standard InChI is InChI=1S/C20H17N3O3S/c1-22(20-21-15-8-4-6-10-17(15)27-20)18(24)12-23-11-14(19(25)26-2)13-7-3-5-9-16(13)23/h3-11H,12H2,1-2H3. The highest BCUT2D eigenvalue weighted by atomic mass is 32.1. The van der Waals surface area contributed by atoms with Gasteiger partial charge in [0.25, 0.3) is 0 Å². The zero-order chi connectivity index (χ0) is 19.0. The summed E-state index contributed by atoms with van der Waals surface area (Å²) >= 11 is 1.47. The SMILES string of the molecule is COC(=O)c1cn(CC(=O)N(C)c2nc3ccccc3s2)c2ccccc12. The van der Waals surface area contributed by atoms with Gasteiger partial charge in [-0.15, -0.1) is 0 Å². The Bertz CT molecular complexity index is 1130. The molecule has 6 nitrogen and oxygen atoms in total. The van der Waals surface area contributed by atoms with Crippen molar-refractivity contribution in [2.75, 3.05) is 19.1 Å². The van der Waals surface area contributed by atoms with Gasteiger partial charge in [0.2, 0.25) is 5.91 Å². The van der Waals surface area contributed by atoms with Crippen LogP contribution in [0.4, 0.5) is 5.13 Å². The monoisotopic (exact) mass is 379 g/mol. The second-order valence-corrected chi connectivity index (χ2v) is 7.11. The Morgan fingerprint density at radius 3 is 2.67 bits per heavy atom. The van der Waals surface area contributed by atoms with Gasteiger partial charge in [0, 0.05) is 24.1 Å². The molecule has 0 atom stereocenters. The Balaban J connectivity index is 1.65. The van der Waals surface area contributed by atoms with E-state index in [4.69, 9.17) is 4.74 Å². The van der Waals surface area contributed by atoms with Crippen LogP contribution in [0.5, 0.6) is 0 Å². The summed E-state index contributed by atoms with van der Waals surface area (Å²) in [6.07, 6.45) is 1.67. The van der Waals surface area contributed by atoms with E-state index >= 15 is 0 Å². The number of carbonyl (C=O) groups is 2. The number of para-hydroxylation sites is 2. The summed E-state index contributed by atoms with van der Waals surface area (Å²) in [5.41, 5.74) is 2.13. The molecular formula is C20H17N3O3S. The van der Waals surface area contributed by atoms with E-state index < -0.39 is 5.97 Å². The van der Waals surface area contributed by atoms with Crippen LogP contribution in [-0.4, -0.2) is 35.6 Å². The van der Waals surface area contributed by atoms with Crippen LogP contribution in [-0.2, 0) is 16.1 Å². The molecule has 0 radical (unpaired) electrons. The molecule has 2 heterocycles. The molecule has 0 unspecified atom stereocenters. The van der Waals surface area contributed by atoms with E-state index in [9.17, 15) is 9.59 Å². The van der Waals surface area contributed by atoms with Gasteiger partial charge < -0.3 is 9.30 Å². The fourth-order valence-electron chi connectivity index (χ4n) is 3.01. The Morgan fingerprint density at radius 2 is 1.89 bits per heavy atom. The maximum absolute atomic E-state index is 12.8. The molecule has 0 aliphatic rings. The molecule has 4 aromatic rings. The van der Waals surface area contributed by atoms with Crippen molar-refractivity contribution in [1.29, 1.82) is 0 Å². The predicted molar refractivity (Wildman–Crippen MR) is 106 cm³/mol. The molecule has 0 fully saturated rings. The quantitative estimate of drug-likeness (QED) is 0.507. The molecule has 2 aromatic carbocycles. The highest BCUT2D eigenvalue weighted by Crippen LogP contribution is 2.28. The number of benzene rings is 2. The van der Waals surface area contributed by atoms with E-state index in [1.165, 1.54) is 18.4 Å². The second kappa shape index (κ2) is 6.85. The Morgan fingerprint density at radius 1 is 1.15 bits per heavy atom. The summed E-state index contributed by atoms with van der Waals surface area (Å²) < 4.78 is 7.66. The average Bonchev–Trinajstić information content (AvgIpc) is 3.29. The molecule has 0 bridgehead atoms. The molecule has 0 N–H and O–H groups in total. The summed E-state index contributed by atoms with van der Waals surface area (Å²) in [6.45, 7) is 0.101. The number of thiazole rings is 1.